The molecule has 3 rings (SSSR count). The number of hydrogen-bond acceptors (Lipinski definition) is 3. The van der Waals surface area contributed by atoms with Crippen molar-refractivity contribution in [1.29, 1.82) is 0 Å². The highest BCUT2D eigenvalue weighted by Crippen LogP contribution is 2.23. The third kappa shape index (κ3) is 2.16. The van der Waals surface area contributed by atoms with Crippen LogP contribution in [0.2, 0.25) is 0 Å². The monoisotopic (exact) mass is 241 g/mol. The Bertz CT molecular complexity index is 558. The smallest absolute Gasteiger partial charge is 0.170 e. The number of ketones is 1. The second-order valence-electron chi connectivity index (χ2n) is 4.58. The Labute approximate surface area is 106 Å². The quantitative estimate of drug-likeness (QED) is 0.840. The minimum Gasteiger partial charge on any atom is -0.469 e. The van der Waals surface area contributed by atoms with Gasteiger partial charge in [0.15, 0.2) is 5.78 Å². The van der Waals surface area contributed by atoms with Crippen LogP contribution in [0.4, 0.5) is 5.69 Å². The van der Waals surface area contributed by atoms with Gasteiger partial charge in [0.2, 0.25) is 0 Å². The Kier molecular flexibility index (Phi) is 2.89. The summed E-state index contributed by atoms with van der Waals surface area (Å²) in [6.07, 6.45) is 4.10. The molecule has 0 unspecified atom stereocenters. The Morgan fingerprint density at radius 1 is 1.33 bits per heavy atom. The predicted octanol–water partition coefficient (Wildman–Crippen LogP) is 3.06. The van der Waals surface area contributed by atoms with Crippen LogP contribution in [0.25, 0.3) is 0 Å². The van der Waals surface area contributed by atoms with E-state index in [1.54, 1.807) is 12.3 Å². The van der Waals surface area contributed by atoms with Gasteiger partial charge in [0.05, 0.1) is 12.7 Å². The van der Waals surface area contributed by atoms with Crippen LogP contribution < -0.4 is 5.32 Å². The van der Waals surface area contributed by atoms with Gasteiger partial charge in [-0.25, -0.2) is 0 Å². The van der Waals surface area contributed by atoms with Gasteiger partial charge in [-0.05, 0) is 48.7 Å². The van der Waals surface area contributed by atoms with Crippen molar-refractivity contribution in [3.63, 3.8) is 0 Å². The molecule has 2 aromatic rings. The van der Waals surface area contributed by atoms with Gasteiger partial charge in [-0.1, -0.05) is 0 Å². The van der Waals surface area contributed by atoms with E-state index in [9.17, 15) is 4.79 Å². The predicted molar refractivity (Wildman–Crippen MR) is 70.0 cm³/mol. The largest absolute Gasteiger partial charge is 0.469 e. The van der Waals surface area contributed by atoms with Crippen LogP contribution >= 0.6 is 0 Å². The summed E-state index contributed by atoms with van der Waals surface area (Å²) in [6, 6.07) is 9.54. The average Bonchev–Trinajstić information content (AvgIpc) is 2.91. The third-order valence-electron chi connectivity index (χ3n) is 3.28. The Morgan fingerprint density at radius 3 is 3.11 bits per heavy atom. The standard InChI is InChI=1S/C15H15NO2/c17-15(10-13-4-2-8-18-13)12-5-6-14-11(9-12)3-1-7-16-14/h2,4-6,8-9,16H,1,3,7,10H2. The van der Waals surface area contributed by atoms with E-state index in [1.165, 1.54) is 5.56 Å². The minimum absolute atomic E-state index is 0.110. The molecule has 0 spiro atoms. The molecule has 0 aliphatic carbocycles. The zero-order chi connectivity index (χ0) is 12.4. The molecule has 18 heavy (non-hydrogen) atoms. The summed E-state index contributed by atoms with van der Waals surface area (Å²) >= 11 is 0. The number of aryl methyl sites for hydroxylation is 1. The van der Waals surface area contributed by atoms with Crippen molar-refractivity contribution < 1.29 is 9.21 Å². The summed E-state index contributed by atoms with van der Waals surface area (Å²) in [7, 11) is 0. The Hall–Kier alpha value is -2.03. The van der Waals surface area contributed by atoms with E-state index in [0.29, 0.717) is 6.42 Å². The van der Waals surface area contributed by atoms with Gasteiger partial charge in [-0.15, -0.1) is 0 Å². The molecule has 0 bridgehead atoms. The van der Waals surface area contributed by atoms with Crippen molar-refractivity contribution in [3.8, 4) is 0 Å². The lowest BCUT2D eigenvalue weighted by Gasteiger charge is -2.18. The summed E-state index contributed by atoms with van der Waals surface area (Å²) in [4.78, 5) is 12.1. The molecule has 1 N–H and O–H groups in total. The van der Waals surface area contributed by atoms with E-state index in [2.05, 4.69) is 5.32 Å². The zero-order valence-electron chi connectivity index (χ0n) is 10.1. The zero-order valence-corrected chi connectivity index (χ0v) is 10.1. The topological polar surface area (TPSA) is 42.2 Å². The first kappa shape index (κ1) is 11.1. The fourth-order valence-electron chi connectivity index (χ4n) is 2.32. The minimum atomic E-state index is 0.110. The molecule has 0 saturated heterocycles. The summed E-state index contributed by atoms with van der Waals surface area (Å²) < 4.78 is 5.21. The Balaban J connectivity index is 1.81. The number of nitrogens with one attached hydrogen (secondary N) is 1. The van der Waals surface area contributed by atoms with Crippen molar-refractivity contribution in [1.82, 2.24) is 0 Å². The molecule has 1 aromatic carbocycles. The molecule has 2 heterocycles. The van der Waals surface area contributed by atoms with Gasteiger partial charge >= 0.3 is 0 Å². The number of rotatable bonds is 3. The maximum atomic E-state index is 12.1. The van der Waals surface area contributed by atoms with E-state index in [1.807, 2.05) is 24.3 Å². The molecule has 1 aliphatic heterocycles. The Morgan fingerprint density at radius 2 is 2.28 bits per heavy atom. The normalized spacial score (nSPS) is 13.8. The molecule has 3 nitrogen and oxygen atoms in total. The van der Waals surface area contributed by atoms with Crippen molar-refractivity contribution in [2.24, 2.45) is 0 Å². The molecule has 92 valence electrons. The molecule has 0 saturated carbocycles. The van der Waals surface area contributed by atoms with Crippen LogP contribution in [0.3, 0.4) is 0 Å². The van der Waals surface area contributed by atoms with Gasteiger partial charge in [-0.2, -0.15) is 0 Å². The molecule has 0 radical (unpaired) electrons. The maximum Gasteiger partial charge on any atom is 0.170 e. The van der Waals surface area contributed by atoms with Crippen LogP contribution in [0.5, 0.6) is 0 Å². The lowest BCUT2D eigenvalue weighted by molar-refractivity contribution is 0.0987. The summed E-state index contributed by atoms with van der Waals surface area (Å²) in [5.74, 6) is 0.828. The third-order valence-corrected chi connectivity index (χ3v) is 3.28. The van der Waals surface area contributed by atoms with Crippen LogP contribution in [0.1, 0.15) is 28.1 Å². The van der Waals surface area contributed by atoms with Gasteiger partial charge in [0.1, 0.15) is 5.76 Å². The summed E-state index contributed by atoms with van der Waals surface area (Å²) in [6.45, 7) is 1.02. The number of Topliss-reactive ketones (excluding diaryl/α,β-unsaturated/α-hetero) is 1. The van der Waals surface area contributed by atoms with E-state index in [4.69, 9.17) is 4.42 Å². The van der Waals surface area contributed by atoms with Crippen LogP contribution in [0.15, 0.2) is 41.0 Å². The van der Waals surface area contributed by atoms with Crippen molar-refractivity contribution >= 4 is 11.5 Å². The van der Waals surface area contributed by atoms with Crippen molar-refractivity contribution in [2.45, 2.75) is 19.3 Å². The van der Waals surface area contributed by atoms with E-state index < -0.39 is 0 Å². The first-order valence-corrected chi connectivity index (χ1v) is 6.25. The van der Waals surface area contributed by atoms with Crippen LogP contribution in [-0.4, -0.2) is 12.3 Å². The highest BCUT2D eigenvalue weighted by Gasteiger charge is 2.13. The van der Waals surface area contributed by atoms with Gasteiger partial charge in [0, 0.05) is 17.8 Å². The fraction of sp³-hybridized carbons (Fsp3) is 0.267. The summed E-state index contributed by atoms with van der Waals surface area (Å²) in [5.41, 5.74) is 3.18. The molecule has 1 aliphatic rings. The highest BCUT2D eigenvalue weighted by atomic mass is 16.3. The first-order valence-electron chi connectivity index (χ1n) is 6.25. The lowest BCUT2D eigenvalue weighted by atomic mass is 9.98. The van der Waals surface area contributed by atoms with Crippen molar-refractivity contribution in [2.75, 3.05) is 11.9 Å². The number of anilines is 1. The summed E-state index contributed by atoms with van der Waals surface area (Å²) in [5, 5.41) is 3.34. The molecular formula is C15H15NO2. The van der Waals surface area contributed by atoms with Gasteiger partial charge < -0.3 is 9.73 Å². The molecule has 0 fully saturated rings. The number of furan rings is 1. The van der Waals surface area contributed by atoms with E-state index in [0.717, 1.165) is 36.4 Å². The number of carbonyl (C=O) groups is 1. The highest BCUT2D eigenvalue weighted by molar-refractivity contribution is 5.97. The van der Waals surface area contributed by atoms with Crippen LogP contribution in [-0.2, 0) is 12.8 Å². The van der Waals surface area contributed by atoms with Gasteiger partial charge in [-0.3, -0.25) is 4.79 Å². The fourth-order valence-corrected chi connectivity index (χ4v) is 2.32. The lowest BCUT2D eigenvalue weighted by Crippen LogP contribution is -2.13. The molecule has 0 amide bonds. The van der Waals surface area contributed by atoms with E-state index in [-0.39, 0.29) is 5.78 Å². The second kappa shape index (κ2) is 4.69. The molecule has 1 aromatic heterocycles. The average molecular weight is 241 g/mol. The first-order chi connectivity index (χ1) is 8.83. The number of benzene rings is 1. The molecule has 0 atom stereocenters. The SMILES string of the molecule is O=C(Cc1ccco1)c1ccc2c(c1)CCCN2. The van der Waals surface area contributed by atoms with Crippen molar-refractivity contribution in [3.05, 3.63) is 53.5 Å². The number of hydrogen-bond donors (Lipinski definition) is 1. The van der Waals surface area contributed by atoms with Crippen LogP contribution in [0, 0.1) is 0 Å². The maximum absolute atomic E-state index is 12.1. The molecule has 3 heteroatoms. The second-order valence-corrected chi connectivity index (χ2v) is 4.58. The molecular weight excluding hydrogens is 226 g/mol. The van der Waals surface area contributed by atoms with E-state index >= 15 is 0 Å². The number of fused-ring (bicyclic) bond motifs is 1. The van der Waals surface area contributed by atoms with Gasteiger partial charge in [0.25, 0.3) is 0 Å². The number of carbonyl (C=O) groups excluding carboxylic acids is 1.